The van der Waals surface area contributed by atoms with Crippen molar-refractivity contribution in [2.75, 3.05) is 63.5 Å². The summed E-state index contributed by atoms with van der Waals surface area (Å²) in [5, 5.41) is 14.5. The van der Waals surface area contributed by atoms with E-state index in [2.05, 4.69) is 15.6 Å². The second-order valence-electron chi connectivity index (χ2n) is 7.55. The summed E-state index contributed by atoms with van der Waals surface area (Å²) >= 11 is 1.40. The molecular formula is C24H33N3O8S. The number of aromatic nitrogens is 1. The number of aryl methyl sites for hydroxylation is 2. The quantitative estimate of drug-likeness (QED) is 0.251. The third-order valence-electron chi connectivity index (χ3n) is 4.74. The highest BCUT2D eigenvalue weighted by Gasteiger charge is 2.15. The molecule has 0 radical (unpaired) electrons. The standard InChI is InChI=1S/C24H33N3O8S/c1-17-18(2)36-24(25-17)27-23(31)19-5-3-4-6-20(19)26-21(28)7-9-32-11-13-34-15-16-35-14-12-33-10-8-22(29)30/h3-6H,7-16H2,1-2H3,(H,26,28)(H,29,30)(H,25,27,31). The number of carbonyl (C=O) groups excluding carboxylic acids is 2. The fourth-order valence-corrected chi connectivity index (χ4v) is 3.59. The molecule has 1 aromatic carbocycles. The van der Waals surface area contributed by atoms with E-state index in [1.807, 2.05) is 13.8 Å². The molecule has 0 atom stereocenters. The molecule has 11 nitrogen and oxygen atoms in total. The number of carbonyl (C=O) groups is 3. The van der Waals surface area contributed by atoms with Crippen molar-refractivity contribution in [2.24, 2.45) is 0 Å². The van der Waals surface area contributed by atoms with Gasteiger partial charge in [0.25, 0.3) is 5.91 Å². The number of nitrogens with zero attached hydrogens (tertiary/aromatic N) is 1. The molecule has 0 saturated carbocycles. The molecule has 198 valence electrons. The molecule has 0 bridgehead atoms. The van der Waals surface area contributed by atoms with Gasteiger partial charge in [-0.2, -0.15) is 0 Å². The molecule has 0 aliphatic rings. The first kappa shape index (κ1) is 29.3. The van der Waals surface area contributed by atoms with Crippen molar-refractivity contribution in [1.82, 2.24) is 4.98 Å². The number of thiazole rings is 1. The normalized spacial score (nSPS) is 10.8. The van der Waals surface area contributed by atoms with Crippen LogP contribution in [0, 0.1) is 13.8 Å². The summed E-state index contributed by atoms with van der Waals surface area (Å²) in [6.45, 7) is 6.36. The van der Waals surface area contributed by atoms with Gasteiger partial charge in [-0.1, -0.05) is 12.1 Å². The van der Waals surface area contributed by atoms with Crippen LogP contribution in [0.5, 0.6) is 0 Å². The van der Waals surface area contributed by atoms with E-state index in [-0.39, 0.29) is 37.9 Å². The van der Waals surface area contributed by atoms with E-state index >= 15 is 0 Å². The van der Waals surface area contributed by atoms with Gasteiger partial charge in [-0.15, -0.1) is 11.3 Å². The lowest BCUT2D eigenvalue weighted by Gasteiger charge is -2.11. The predicted octanol–water partition coefficient (Wildman–Crippen LogP) is 2.88. The lowest BCUT2D eigenvalue weighted by Crippen LogP contribution is -2.19. The van der Waals surface area contributed by atoms with Gasteiger partial charge in [-0.3, -0.25) is 19.7 Å². The van der Waals surface area contributed by atoms with Crippen LogP contribution in [0.3, 0.4) is 0 Å². The van der Waals surface area contributed by atoms with Crippen LogP contribution >= 0.6 is 11.3 Å². The number of hydrogen-bond donors (Lipinski definition) is 3. The van der Waals surface area contributed by atoms with Crippen LogP contribution in [0.25, 0.3) is 0 Å². The third kappa shape index (κ3) is 11.7. The van der Waals surface area contributed by atoms with Crippen LogP contribution in [0.1, 0.15) is 33.8 Å². The Kier molecular flexibility index (Phi) is 13.6. The maximum atomic E-state index is 12.7. The van der Waals surface area contributed by atoms with E-state index in [1.165, 1.54) is 11.3 Å². The maximum absolute atomic E-state index is 12.7. The van der Waals surface area contributed by atoms with Gasteiger partial charge < -0.3 is 29.4 Å². The van der Waals surface area contributed by atoms with Crippen LogP contribution in [0.15, 0.2) is 24.3 Å². The van der Waals surface area contributed by atoms with Gasteiger partial charge in [0.2, 0.25) is 5.91 Å². The first-order chi connectivity index (χ1) is 17.4. The molecule has 0 saturated heterocycles. The molecule has 1 aromatic heterocycles. The second-order valence-corrected chi connectivity index (χ2v) is 8.75. The summed E-state index contributed by atoms with van der Waals surface area (Å²) in [7, 11) is 0. The highest BCUT2D eigenvalue weighted by atomic mass is 32.1. The zero-order valence-electron chi connectivity index (χ0n) is 20.5. The first-order valence-corrected chi connectivity index (χ1v) is 12.4. The first-order valence-electron chi connectivity index (χ1n) is 11.5. The molecule has 2 amide bonds. The Morgan fingerprint density at radius 3 is 1.94 bits per heavy atom. The number of hydrogen-bond acceptors (Lipinski definition) is 9. The highest BCUT2D eigenvalue weighted by molar-refractivity contribution is 7.15. The number of ether oxygens (including phenoxy) is 4. The summed E-state index contributed by atoms with van der Waals surface area (Å²) in [6.07, 6.45) is 0.106. The summed E-state index contributed by atoms with van der Waals surface area (Å²) in [5.74, 6) is -1.51. The maximum Gasteiger partial charge on any atom is 0.305 e. The molecule has 0 aliphatic carbocycles. The Balaban J connectivity index is 1.55. The molecule has 0 unspecified atom stereocenters. The van der Waals surface area contributed by atoms with Crippen molar-refractivity contribution in [3.63, 3.8) is 0 Å². The van der Waals surface area contributed by atoms with Crippen LogP contribution in [0.2, 0.25) is 0 Å². The lowest BCUT2D eigenvalue weighted by atomic mass is 10.1. The number of anilines is 2. The Morgan fingerprint density at radius 2 is 1.39 bits per heavy atom. The van der Waals surface area contributed by atoms with Crippen molar-refractivity contribution in [3.05, 3.63) is 40.4 Å². The van der Waals surface area contributed by atoms with Crippen molar-refractivity contribution < 1.29 is 38.4 Å². The largest absolute Gasteiger partial charge is 0.481 e. The van der Waals surface area contributed by atoms with E-state index in [4.69, 9.17) is 24.1 Å². The van der Waals surface area contributed by atoms with E-state index in [9.17, 15) is 14.4 Å². The third-order valence-corrected chi connectivity index (χ3v) is 5.73. The zero-order chi connectivity index (χ0) is 26.2. The predicted molar refractivity (Wildman–Crippen MR) is 135 cm³/mol. The molecule has 2 aromatic rings. The Morgan fingerprint density at radius 1 is 0.833 bits per heavy atom. The minimum absolute atomic E-state index is 0.0252. The van der Waals surface area contributed by atoms with Gasteiger partial charge in [0.05, 0.1) is 82.6 Å². The Labute approximate surface area is 214 Å². The minimum atomic E-state index is -0.893. The number of aliphatic carboxylic acids is 1. The molecule has 1 heterocycles. The fraction of sp³-hybridized carbons (Fsp3) is 0.500. The van der Waals surface area contributed by atoms with E-state index < -0.39 is 5.97 Å². The number of rotatable bonds is 18. The van der Waals surface area contributed by atoms with E-state index in [1.54, 1.807) is 24.3 Å². The van der Waals surface area contributed by atoms with Crippen molar-refractivity contribution >= 4 is 39.9 Å². The van der Waals surface area contributed by atoms with Gasteiger partial charge in [0, 0.05) is 4.88 Å². The number of para-hydroxylation sites is 1. The molecule has 2 rings (SSSR count). The van der Waals surface area contributed by atoms with Gasteiger partial charge in [0.15, 0.2) is 5.13 Å². The van der Waals surface area contributed by atoms with Gasteiger partial charge >= 0.3 is 5.97 Å². The van der Waals surface area contributed by atoms with E-state index in [0.29, 0.717) is 56.0 Å². The number of benzene rings is 1. The van der Waals surface area contributed by atoms with Crippen molar-refractivity contribution in [2.45, 2.75) is 26.7 Å². The second kappa shape index (κ2) is 16.7. The number of carboxylic acids is 1. The van der Waals surface area contributed by atoms with Crippen LogP contribution in [-0.4, -0.2) is 80.7 Å². The topological polar surface area (TPSA) is 145 Å². The minimum Gasteiger partial charge on any atom is -0.481 e. The van der Waals surface area contributed by atoms with Gasteiger partial charge in [-0.25, -0.2) is 4.98 Å². The molecule has 3 N–H and O–H groups in total. The summed E-state index contributed by atoms with van der Waals surface area (Å²) < 4.78 is 21.2. The smallest absolute Gasteiger partial charge is 0.305 e. The van der Waals surface area contributed by atoms with Gasteiger partial charge in [-0.05, 0) is 26.0 Å². The summed E-state index contributed by atoms with van der Waals surface area (Å²) in [4.78, 5) is 40.7. The number of amides is 2. The molecule has 0 fully saturated rings. The monoisotopic (exact) mass is 523 g/mol. The average molecular weight is 524 g/mol. The molecule has 12 heteroatoms. The molecule has 36 heavy (non-hydrogen) atoms. The van der Waals surface area contributed by atoms with Crippen molar-refractivity contribution in [1.29, 1.82) is 0 Å². The number of nitrogens with one attached hydrogen (secondary N) is 2. The SMILES string of the molecule is Cc1nc(NC(=O)c2ccccc2NC(=O)CCOCCOCCOCCOCCC(=O)O)sc1C. The van der Waals surface area contributed by atoms with E-state index in [0.717, 1.165) is 10.6 Å². The Hall–Kier alpha value is -2.90. The average Bonchev–Trinajstić information content (AvgIpc) is 3.15. The summed E-state index contributed by atoms with van der Waals surface area (Å²) in [5.41, 5.74) is 1.63. The summed E-state index contributed by atoms with van der Waals surface area (Å²) in [6, 6.07) is 6.79. The van der Waals surface area contributed by atoms with Crippen LogP contribution in [-0.2, 0) is 28.5 Å². The highest BCUT2D eigenvalue weighted by Crippen LogP contribution is 2.23. The lowest BCUT2D eigenvalue weighted by molar-refractivity contribution is -0.138. The fourth-order valence-electron chi connectivity index (χ4n) is 2.78. The Bertz CT molecular complexity index is 963. The molecule has 0 spiro atoms. The zero-order valence-corrected chi connectivity index (χ0v) is 21.4. The molecular weight excluding hydrogens is 490 g/mol. The van der Waals surface area contributed by atoms with Gasteiger partial charge in [0.1, 0.15) is 0 Å². The number of carboxylic acid groups (broad SMARTS) is 1. The van der Waals surface area contributed by atoms with Crippen LogP contribution in [0.4, 0.5) is 10.8 Å². The van der Waals surface area contributed by atoms with Crippen LogP contribution < -0.4 is 10.6 Å². The molecule has 0 aliphatic heterocycles. The van der Waals surface area contributed by atoms with Crippen molar-refractivity contribution in [3.8, 4) is 0 Å².